The molecule has 0 aliphatic heterocycles. The van der Waals surface area contributed by atoms with Crippen molar-refractivity contribution in [3.63, 3.8) is 0 Å². The quantitative estimate of drug-likeness (QED) is 0.197. The molecule has 0 bridgehead atoms. The Hall–Kier alpha value is -3.48. The van der Waals surface area contributed by atoms with Crippen molar-refractivity contribution in [3.8, 4) is 0 Å². The maximum absolute atomic E-state index is 12.5. The molecule has 0 saturated carbocycles. The third kappa shape index (κ3) is 7.82. The van der Waals surface area contributed by atoms with Crippen LogP contribution in [0, 0.1) is 0 Å². The van der Waals surface area contributed by atoms with Crippen molar-refractivity contribution in [2.45, 2.75) is 37.9 Å². The van der Waals surface area contributed by atoms with Crippen LogP contribution in [-0.2, 0) is 30.4 Å². The minimum atomic E-state index is -1.35. The van der Waals surface area contributed by atoms with Gasteiger partial charge in [0.15, 0.2) is 0 Å². The number of H-pyrrole nitrogens is 1. The molecule has 1 heterocycles. The summed E-state index contributed by atoms with van der Waals surface area (Å²) in [6, 6.07) is -3.50. The van der Waals surface area contributed by atoms with Crippen LogP contribution in [0.2, 0.25) is 0 Å². The third-order valence-electron chi connectivity index (χ3n) is 3.48. The van der Waals surface area contributed by atoms with E-state index >= 15 is 0 Å². The van der Waals surface area contributed by atoms with Gasteiger partial charge in [-0.25, -0.2) is 4.98 Å². The molecule has 1 aromatic rings. The van der Waals surface area contributed by atoms with Gasteiger partial charge in [-0.2, -0.15) is 0 Å². The minimum Gasteiger partial charge on any atom is -0.480 e. The Bertz CT molecular complexity index is 718. The summed E-state index contributed by atoms with van der Waals surface area (Å²) >= 11 is 0. The molecule has 3 atom stereocenters. The van der Waals surface area contributed by atoms with Gasteiger partial charge >= 0.3 is 5.97 Å². The van der Waals surface area contributed by atoms with Gasteiger partial charge in [0.1, 0.15) is 18.6 Å². The lowest BCUT2D eigenvalue weighted by molar-refractivity contribution is -0.138. The number of hydrogen-bond donors (Lipinski definition) is 7. The normalized spacial score (nSPS) is 13.6. The first-order valence-corrected chi connectivity index (χ1v) is 8.21. The topological polar surface area (TPSA) is 222 Å². The second-order valence-corrected chi connectivity index (χ2v) is 5.97. The second kappa shape index (κ2) is 10.6. The number of aromatic amines is 1. The van der Waals surface area contributed by atoms with Crippen LogP contribution in [0.1, 0.15) is 19.0 Å². The van der Waals surface area contributed by atoms with Gasteiger partial charge in [-0.05, 0) is 6.92 Å². The van der Waals surface area contributed by atoms with Gasteiger partial charge in [-0.1, -0.05) is 0 Å². The molecule has 0 spiro atoms. The summed E-state index contributed by atoms with van der Waals surface area (Å²) in [7, 11) is 0. The first kappa shape index (κ1) is 22.6. The van der Waals surface area contributed by atoms with E-state index in [9.17, 15) is 24.0 Å². The minimum absolute atomic E-state index is 0.0400. The number of amides is 4. The Kier molecular flexibility index (Phi) is 8.55. The molecule has 0 aromatic carbocycles. The van der Waals surface area contributed by atoms with Crippen molar-refractivity contribution >= 4 is 29.6 Å². The summed E-state index contributed by atoms with van der Waals surface area (Å²) in [6.07, 6.45) is 2.23. The van der Waals surface area contributed by atoms with Crippen molar-refractivity contribution in [1.82, 2.24) is 25.9 Å². The van der Waals surface area contributed by atoms with E-state index in [2.05, 4.69) is 25.9 Å². The Morgan fingerprint density at radius 1 is 1.14 bits per heavy atom. The van der Waals surface area contributed by atoms with Crippen LogP contribution in [0.5, 0.6) is 0 Å². The van der Waals surface area contributed by atoms with E-state index in [1.54, 1.807) is 0 Å². The predicted octanol–water partition coefficient (Wildman–Crippen LogP) is -3.65. The number of nitrogens with one attached hydrogen (secondary N) is 4. The van der Waals surface area contributed by atoms with Crippen LogP contribution in [-0.4, -0.2) is 69.3 Å². The number of rotatable bonds is 11. The number of imidazole rings is 1. The number of nitrogens with zero attached hydrogens (tertiary/aromatic N) is 1. The fourth-order valence-corrected chi connectivity index (χ4v) is 2.10. The van der Waals surface area contributed by atoms with Crippen LogP contribution in [0.15, 0.2) is 12.5 Å². The van der Waals surface area contributed by atoms with Crippen molar-refractivity contribution in [1.29, 1.82) is 0 Å². The highest BCUT2D eigenvalue weighted by Crippen LogP contribution is 2.02. The molecule has 0 aliphatic rings. The monoisotopic (exact) mass is 397 g/mol. The number of aromatic nitrogens is 2. The average Bonchev–Trinajstić information content (AvgIpc) is 3.10. The zero-order valence-electron chi connectivity index (χ0n) is 15.1. The maximum Gasteiger partial charge on any atom is 0.322 e. The van der Waals surface area contributed by atoms with Crippen molar-refractivity contribution < 1.29 is 29.1 Å². The Balaban J connectivity index is 2.92. The molecule has 1 aromatic heterocycles. The lowest BCUT2D eigenvalue weighted by Crippen LogP contribution is -2.57. The molecule has 1 rings (SSSR count). The van der Waals surface area contributed by atoms with Crippen molar-refractivity contribution in [2.75, 3.05) is 6.54 Å². The van der Waals surface area contributed by atoms with E-state index in [4.69, 9.17) is 16.6 Å². The lowest BCUT2D eigenvalue weighted by atomic mass is 10.1. The number of carbonyl (C=O) groups excluding carboxylic acids is 4. The molecule has 13 heteroatoms. The fourth-order valence-electron chi connectivity index (χ4n) is 2.10. The molecular weight excluding hydrogens is 374 g/mol. The maximum atomic E-state index is 12.5. The molecule has 3 unspecified atom stereocenters. The summed E-state index contributed by atoms with van der Waals surface area (Å²) < 4.78 is 0. The summed E-state index contributed by atoms with van der Waals surface area (Å²) in [6.45, 7) is 0.731. The van der Waals surface area contributed by atoms with Crippen LogP contribution in [0.3, 0.4) is 0 Å². The van der Waals surface area contributed by atoms with Crippen LogP contribution in [0.25, 0.3) is 0 Å². The van der Waals surface area contributed by atoms with Crippen LogP contribution < -0.4 is 27.4 Å². The molecule has 0 radical (unpaired) electrons. The van der Waals surface area contributed by atoms with Gasteiger partial charge in [0.05, 0.1) is 18.8 Å². The number of nitrogens with two attached hydrogens (primary N) is 2. The van der Waals surface area contributed by atoms with Gasteiger partial charge in [0.2, 0.25) is 23.6 Å². The standard InChI is InChI=1S/C15H23N7O6/c1-7(16)13(26)21-10(3-11(17)23)15(28)22-9(2-8-4-18-6-20-8)14(27)19-5-12(24)25/h4,6-7,9-10H,2-3,5,16H2,1H3,(H2,17,23)(H,18,20)(H,19,27)(H,21,26)(H,22,28)(H,24,25). The Morgan fingerprint density at radius 2 is 1.79 bits per heavy atom. The molecular formula is C15H23N7O6. The summed E-state index contributed by atoms with van der Waals surface area (Å²) in [5.74, 6) is -4.45. The summed E-state index contributed by atoms with van der Waals surface area (Å²) in [5.41, 5.74) is 11.0. The highest BCUT2D eigenvalue weighted by atomic mass is 16.4. The molecule has 4 amide bonds. The van der Waals surface area contributed by atoms with Gasteiger partial charge in [-0.15, -0.1) is 0 Å². The number of carboxylic acid groups (broad SMARTS) is 1. The fraction of sp³-hybridized carbons (Fsp3) is 0.467. The van der Waals surface area contributed by atoms with E-state index in [1.807, 2.05) is 0 Å². The first-order chi connectivity index (χ1) is 13.1. The third-order valence-corrected chi connectivity index (χ3v) is 3.48. The van der Waals surface area contributed by atoms with E-state index < -0.39 is 60.7 Å². The van der Waals surface area contributed by atoms with Crippen LogP contribution >= 0.6 is 0 Å². The average molecular weight is 397 g/mol. The largest absolute Gasteiger partial charge is 0.480 e. The number of aliphatic carboxylic acids is 1. The first-order valence-electron chi connectivity index (χ1n) is 8.21. The van der Waals surface area contributed by atoms with E-state index in [-0.39, 0.29) is 6.42 Å². The Labute approximate surface area is 159 Å². The second-order valence-electron chi connectivity index (χ2n) is 5.97. The molecule has 28 heavy (non-hydrogen) atoms. The van der Waals surface area contributed by atoms with Crippen LogP contribution in [0.4, 0.5) is 0 Å². The lowest BCUT2D eigenvalue weighted by Gasteiger charge is -2.22. The number of hydrogen-bond acceptors (Lipinski definition) is 7. The van der Waals surface area contributed by atoms with Crippen molar-refractivity contribution in [3.05, 3.63) is 18.2 Å². The zero-order valence-corrected chi connectivity index (χ0v) is 15.1. The van der Waals surface area contributed by atoms with Gasteiger partial charge < -0.3 is 37.5 Å². The smallest absolute Gasteiger partial charge is 0.322 e. The molecule has 13 nitrogen and oxygen atoms in total. The number of carbonyl (C=O) groups is 5. The highest BCUT2D eigenvalue weighted by Gasteiger charge is 2.29. The van der Waals surface area contributed by atoms with Gasteiger partial charge in [-0.3, -0.25) is 24.0 Å². The number of primary amides is 1. The van der Waals surface area contributed by atoms with Gasteiger partial charge in [0, 0.05) is 18.3 Å². The summed E-state index contributed by atoms with van der Waals surface area (Å²) in [5, 5.41) is 15.5. The molecule has 9 N–H and O–H groups in total. The highest BCUT2D eigenvalue weighted by molar-refractivity contribution is 5.95. The predicted molar refractivity (Wildman–Crippen MR) is 94.3 cm³/mol. The van der Waals surface area contributed by atoms with E-state index in [1.165, 1.54) is 19.4 Å². The molecule has 0 fully saturated rings. The van der Waals surface area contributed by atoms with E-state index in [0.717, 1.165) is 0 Å². The summed E-state index contributed by atoms with van der Waals surface area (Å²) in [4.78, 5) is 65.0. The molecule has 0 aliphatic carbocycles. The number of carboxylic acids is 1. The van der Waals surface area contributed by atoms with Gasteiger partial charge in [0.25, 0.3) is 0 Å². The van der Waals surface area contributed by atoms with Crippen molar-refractivity contribution in [2.24, 2.45) is 11.5 Å². The zero-order chi connectivity index (χ0) is 21.3. The Morgan fingerprint density at radius 3 is 2.29 bits per heavy atom. The molecule has 154 valence electrons. The molecule has 0 saturated heterocycles. The SMILES string of the molecule is CC(N)C(=O)NC(CC(N)=O)C(=O)NC(Cc1cnc[nH]1)C(=O)NCC(=O)O. The van der Waals surface area contributed by atoms with E-state index in [0.29, 0.717) is 5.69 Å².